The minimum Gasteiger partial charge on any atom is -0.376 e. The summed E-state index contributed by atoms with van der Waals surface area (Å²) in [6.45, 7) is 4.31. The molecular weight excluding hydrogens is 194 g/mol. The molecule has 0 aromatic carbocycles. The van der Waals surface area contributed by atoms with Crippen LogP contribution in [0, 0.1) is 0 Å². The van der Waals surface area contributed by atoms with Crippen LogP contribution in [0.25, 0.3) is 0 Å². The lowest BCUT2D eigenvalue weighted by Crippen LogP contribution is -2.26. The fraction of sp³-hybridized carbons (Fsp3) is 0.600. The molecule has 0 saturated heterocycles. The lowest BCUT2D eigenvalue weighted by Gasteiger charge is -2.14. The predicted molar refractivity (Wildman–Crippen MR) is 54.3 cm³/mol. The van der Waals surface area contributed by atoms with Gasteiger partial charge in [0.1, 0.15) is 0 Å². The average Bonchev–Trinajstić information content (AvgIpc) is 2.62. The zero-order chi connectivity index (χ0) is 10.7. The van der Waals surface area contributed by atoms with Gasteiger partial charge in [-0.15, -0.1) is 0 Å². The van der Waals surface area contributed by atoms with E-state index in [4.69, 9.17) is 4.74 Å². The van der Waals surface area contributed by atoms with Crippen LogP contribution in [0.15, 0.2) is 6.20 Å². The van der Waals surface area contributed by atoms with Gasteiger partial charge in [0.15, 0.2) is 0 Å². The maximum absolute atomic E-state index is 10.7. The summed E-state index contributed by atoms with van der Waals surface area (Å²) >= 11 is 0. The van der Waals surface area contributed by atoms with E-state index < -0.39 is 0 Å². The molecule has 1 aromatic rings. The Balaban J connectivity index is 1.96. The van der Waals surface area contributed by atoms with Gasteiger partial charge in [-0.2, -0.15) is 5.10 Å². The van der Waals surface area contributed by atoms with E-state index in [1.165, 1.54) is 18.2 Å². The van der Waals surface area contributed by atoms with E-state index >= 15 is 0 Å². The Morgan fingerprint density at radius 1 is 1.73 bits per heavy atom. The molecule has 0 fully saturated rings. The number of carbonyl (C=O) groups is 1. The Bertz CT molecular complexity index is 360. The third kappa shape index (κ3) is 2.36. The lowest BCUT2D eigenvalue weighted by molar-refractivity contribution is -0.118. The highest BCUT2D eigenvalue weighted by Crippen LogP contribution is 2.15. The largest absolute Gasteiger partial charge is 0.376 e. The van der Waals surface area contributed by atoms with E-state index in [0.717, 1.165) is 19.6 Å². The SMILES string of the molecule is CC(=O)NCCn1ncc2c1CCOC2. The van der Waals surface area contributed by atoms with E-state index in [9.17, 15) is 4.79 Å². The fourth-order valence-corrected chi connectivity index (χ4v) is 1.74. The molecule has 5 heteroatoms. The Morgan fingerprint density at radius 2 is 2.60 bits per heavy atom. The van der Waals surface area contributed by atoms with Crippen LogP contribution >= 0.6 is 0 Å². The molecule has 2 heterocycles. The van der Waals surface area contributed by atoms with E-state index in [-0.39, 0.29) is 5.91 Å². The monoisotopic (exact) mass is 209 g/mol. The summed E-state index contributed by atoms with van der Waals surface area (Å²) in [5, 5.41) is 7.04. The number of hydrogen-bond donors (Lipinski definition) is 1. The molecule has 0 bridgehead atoms. The summed E-state index contributed by atoms with van der Waals surface area (Å²) < 4.78 is 7.28. The first-order valence-corrected chi connectivity index (χ1v) is 5.13. The van der Waals surface area contributed by atoms with Crippen molar-refractivity contribution >= 4 is 5.91 Å². The molecule has 0 saturated carbocycles. The van der Waals surface area contributed by atoms with Gasteiger partial charge in [-0.3, -0.25) is 9.48 Å². The van der Waals surface area contributed by atoms with Gasteiger partial charge in [0.25, 0.3) is 0 Å². The van der Waals surface area contributed by atoms with Crippen LogP contribution in [0.1, 0.15) is 18.2 Å². The van der Waals surface area contributed by atoms with Crippen LogP contribution in [0.2, 0.25) is 0 Å². The number of aromatic nitrogens is 2. The molecule has 1 aromatic heterocycles. The van der Waals surface area contributed by atoms with Crippen molar-refractivity contribution in [1.29, 1.82) is 0 Å². The van der Waals surface area contributed by atoms with Crippen LogP contribution < -0.4 is 5.32 Å². The molecule has 0 radical (unpaired) electrons. The highest BCUT2D eigenvalue weighted by atomic mass is 16.5. The summed E-state index contributed by atoms with van der Waals surface area (Å²) in [5.41, 5.74) is 2.41. The first-order valence-electron chi connectivity index (χ1n) is 5.13. The molecule has 2 rings (SSSR count). The van der Waals surface area contributed by atoms with Crippen molar-refractivity contribution in [1.82, 2.24) is 15.1 Å². The van der Waals surface area contributed by atoms with Crippen molar-refractivity contribution in [2.45, 2.75) is 26.5 Å². The van der Waals surface area contributed by atoms with Gasteiger partial charge in [0.2, 0.25) is 5.91 Å². The first kappa shape index (κ1) is 10.2. The number of fused-ring (bicyclic) bond motifs is 1. The molecule has 1 amide bonds. The molecule has 5 nitrogen and oxygen atoms in total. The number of amides is 1. The maximum Gasteiger partial charge on any atom is 0.216 e. The van der Waals surface area contributed by atoms with E-state index in [1.54, 1.807) is 0 Å². The third-order valence-electron chi connectivity index (χ3n) is 2.47. The Kier molecular flexibility index (Phi) is 3.01. The van der Waals surface area contributed by atoms with Gasteiger partial charge in [0, 0.05) is 31.1 Å². The van der Waals surface area contributed by atoms with Gasteiger partial charge in [0.05, 0.1) is 26.0 Å². The highest BCUT2D eigenvalue weighted by molar-refractivity contribution is 5.72. The third-order valence-corrected chi connectivity index (χ3v) is 2.47. The van der Waals surface area contributed by atoms with Gasteiger partial charge < -0.3 is 10.1 Å². The second-order valence-corrected chi connectivity index (χ2v) is 3.63. The van der Waals surface area contributed by atoms with Crippen LogP contribution in [-0.4, -0.2) is 28.8 Å². The lowest BCUT2D eigenvalue weighted by atomic mass is 10.2. The van der Waals surface area contributed by atoms with Crippen molar-refractivity contribution in [3.05, 3.63) is 17.5 Å². The minimum absolute atomic E-state index is 0.000595. The van der Waals surface area contributed by atoms with E-state index in [1.807, 2.05) is 10.9 Å². The smallest absolute Gasteiger partial charge is 0.216 e. The number of rotatable bonds is 3. The van der Waals surface area contributed by atoms with Crippen molar-refractivity contribution in [3.8, 4) is 0 Å². The highest BCUT2D eigenvalue weighted by Gasteiger charge is 2.14. The molecule has 0 aliphatic carbocycles. The van der Waals surface area contributed by atoms with Gasteiger partial charge >= 0.3 is 0 Å². The second kappa shape index (κ2) is 4.44. The van der Waals surface area contributed by atoms with Crippen LogP contribution in [0.5, 0.6) is 0 Å². The topological polar surface area (TPSA) is 56.2 Å². The number of ether oxygens (including phenoxy) is 1. The standard InChI is InChI=1S/C10H15N3O2/c1-8(14)11-3-4-13-10-2-5-15-7-9(10)6-12-13/h6H,2-5,7H2,1H3,(H,11,14). The zero-order valence-corrected chi connectivity index (χ0v) is 8.82. The fourth-order valence-electron chi connectivity index (χ4n) is 1.74. The van der Waals surface area contributed by atoms with Crippen LogP contribution in [0.3, 0.4) is 0 Å². The van der Waals surface area contributed by atoms with Gasteiger partial charge in [-0.25, -0.2) is 0 Å². The van der Waals surface area contributed by atoms with Crippen molar-refractivity contribution in [2.24, 2.45) is 0 Å². The van der Waals surface area contributed by atoms with Crippen LogP contribution in [0.4, 0.5) is 0 Å². The average molecular weight is 209 g/mol. The summed E-state index contributed by atoms with van der Waals surface area (Å²) in [6, 6.07) is 0. The first-order chi connectivity index (χ1) is 7.27. The van der Waals surface area contributed by atoms with Crippen molar-refractivity contribution < 1.29 is 9.53 Å². The summed E-state index contributed by atoms with van der Waals surface area (Å²) in [5.74, 6) is -0.000595. The quantitative estimate of drug-likeness (QED) is 0.767. The summed E-state index contributed by atoms with van der Waals surface area (Å²) in [4.78, 5) is 10.7. The Morgan fingerprint density at radius 3 is 3.40 bits per heavy atom. The van der Waals surface area contributed by atoms with Gasteiger partial charge in [-0.1, -0.05) is 0 Å². The van der Waals surface area contributed by atoms with Crippen molar-refractivity contribution in [2.75, 3.05) is 13.2 Å². The van der Waals surface area contributed by atoms with Crippen LogP contribution in [-0.2, 0) is 29.1 Å². The molecule has 0 spiro atoms. The number of nitrogens with one attached hydrogen (secondary N) is 1. The predicted octanol–water partition coefficient (Wildman–Crippen LogP) is 0.0919. The second-order valence-electron chi connectivity index (χ2n) is 3.63. The molecular formula is C10H15N3O2. The molecule has 1 aliphatic heterocycles. The number of hydrogen-bond acceptors (Lipinski definition) is 3. The number of carbonyl (C=O) groups excluding carboxylic acids is 1. The Hall–Kier alpha value is -1.36. The minimum atomic E-state index is -0.000595. The molecule has 15 heavy (non-hydrogen) atoms. The normalized spacial score (nSPS) is 14.7. The van der Waals surface area contributed by atoms with E-state index in [2.05, 4.69) is 10.4 Å². The molecule has 0 atom stereocenters. The number of nitrogens with zero attached hydrogens (tertiary/aromatic N) is 2. The summed E-state index contributed by atoms with van der Waals surface area (Å²) in [6.07, 6.45) is 2.76. The molecule has 0 unspecified atom stereocenters. The Labute approximate surface area is 88.4 Å². The molecule has 82 valence electrons. The van der Waals surface area contributed by atoms with Gasteiger partial charge in [-0.05, 0) is 0 Å². The molecule has 1 N–H and O–H groups in total. The van der Waals surface area contributed by atoms with Crippen molar-refractivity contribution in [3.63, 3.8) is 0 Å². The maximum atomic E-state index is 10.7. The summed E-state index contributed by atoms with van der Waals surface area (Å²) in [7, 11) is 0. The zero-order valence-electron chi connectivity index (χ0n) is 8.82. The molecule has 1 aliphatic rings. The van der Waals surface area contributed by atoms with E-state index in [0.29, 0.717) is 13.2 Å².